The average Bonchev–Trinajstić information content (AvgIpc) is 2.64. The van der Waals surface area contributed by atoms with Gasteiger partial charge >= 0.3 is 0 Å². The maximum atomic E-state index is 11.9. The number of nitrogens with one attached hydrogen (secondary N) is 2. The lowest BCUT2D eigenvalue weighted by atomic mass is 10.0. The lowest BCUT2D eigenvalue weighted by molar-refractivity contribution is -0.130. The Balaban J connectivity index is 2.41. The van der Waals surface area contributed by atoms with Crippen LogP contribution in [0.25, 0.3) is 0 Å². The Hall–Kier alpha value is -1.10. The van der Waals surface area contributed by atoms with E-state index in [2.05, 4.69) is 10.6 Å². The molecule has 0 bridgehead atoms. The number of likely N-dealkylation sites (N-methyl/N-ethyl adjacent to an activating group) is 1. The van der Waals surface area contributed by atoms with E-state index in [1.54, 1.807) is 7.05 Å². The molecule has 0 aromatic heterocycles. The molecule has 0 saturated carbocycles. The van der Waals surface area contributed by atoms with Crippen LogP contribution in [0.5, 0.6) is 0 Å². The molecular formula is C12H23N3O2. The van der Waals surface area contributed by atoms with E-state index in [9.17, 15) is 9.59 Å². The fourth-order valence-electron chi connectivity index (χ4n) is 1.79. The predicted octanol–water partition coefficient (Wildman–Crippen LogP) is 0.112. The maximum absolute atomic E-state index is 11.9. The van der Waals surface area contributed by atoms with E-state index in [1.165, 1.54) is 0 Å². The summed E-state index contributed by atoms with van der Waals surface area (Å²) in [5.74, 6) is 0.151. The SMILES string of the molecule is CNC(C)(C)C(=O)NC(C)CN1CCCC1=O. The van der Waals surface area contributed by atoms with Gasteiger partial charge in [0.25, 0.3) is 0 Å². The molecule has 1 fully saturated rings. The summed E-state index contributed by atoms with van der Waals surface area (Å²) >= 11 is 0. The molecule has 5 nitrogen and oxygen atoms in total. The molecule has 0 aliphatic carbocycles. The second-order valence-corrected chi connectivity index (χ2v) is 5.19. The molecule has 2 amide bonds. The Morgan fingerprint density at radius 3 is 2.65 bits per heavy atom. The standard InChI is InChI=1S/C12H23N3O2/c1-9(8-15-7-5-6-10(15)16)14-11(17)12(2,3)13-4/h9,13H,5-8H2,1-4H3,(H,14,17). The minimum Gasteiger partial charge on any atom is -0.350 e. The molecule has 17 heavy (non-hydrogen) atoms. The minimum atomic E-state index is -0.580. The van der Waals surface area contributed by atoms with Gasteiger partial charge in [-0.3, -0.25) is 9.59 Å². The molecule has 0 aromatic carbocycles. The van der Waals surface area contributed by atoms with Crippen LogP contribution in [0, 0.1) is 0 Å². The van der Waals surface area contributed by atoms with Gasteiger partial charge in [-0.2, -0.15) is 0 Å². The highest BCUT2D eigenvalue weighted by molar-refractivity contribution is 5.85. The van der Waals surface area contributed by atoms with Crippen LogP contribution in [0.3, 0.4) is 0 Å². The number of carbonyl (C=O) groups is 2. The summed E-state index contributed by atoms with van der Waals surface area (Å²) in [5, 5.41) is 5.88. The van der Waals surface area contributed by atoms with Crippen molar-refractivity contribution in [3.05, 3.63) is 0 Å². The van der Waals surface area contributed by atoms with Crippen LogP contribution in [0.15, 0.2) is 0 Å². The van der Waals surface area contributed by atoms with Crippen LogP contribution in [0.1, 0.15) is 33.6 Å². The van der Waals surface area contributed by atoms with Crippen molar-refractivity contribution in [1.82, 2.24) is 15.5 Å². The number of likely N-dealkylation sites (tertiary alicyclic amines) is 1. The van der Waals surface area contributed by atoms with E-state index in [4.69, 9.17) is 0 Å². The highest BCUT2D eigenvalue weighted by atomic mass is 16.2. The topological polar surface area (TPSA) is 61.4 Å². The third kappa shape index (κ3) is 3.70. The molecule has 0 spiro atoms. The first kappa shape index (κ1) is 14.0. The largest absolute Gasteiger partial charge is 0.350 e. The molecule has 5 heteroatoms. The molecule has 1 atom stereocenters. The number of hydrogen-bond donors (Lipinski definition) is 2. The Labute approximate surface area is 103 Å². The van der Waals surface area contributed by atoms with E-state index in [1.807, 2.05) is 25.7 Å². The van der Waals surface area contributed by atoms with Crippen LogP contribution in [-0.2, 0) is 9.59 Å². The van der Waals surface area contributed by atoms with Gasteiger partial charge in [-0.25, -0.2) is 0 Å². The van der Waals surface area contributed by atoms with Crippen molar-refractivity contribution in [2.45, 2.75) is 45.2 Å². The zero-order chi connectivity index (χ0) is 13.1. The molecule has 0 aromatic rings. The molecule has 2 N–H and O–H groups in total. The van der Waals surface area contributed by atoms with Crippen LogP contribution in [0.2, 0.25) is 0 Å². The molecule has 1 aliphatic rings. The fraction of sp³-hybridized carbons (Fsp3) is 0.833. The molecule has 1 unspecified atom stereocenters. The molecular weight excluding hydrogens is 218 g/mol. The van der Waals surface area contributed by atoms with Gasteiger partial charge in [0.15, 0.2) is 0 Å². The molecule has 0 radical (unpaired) electrons. The van der Waals surface area contributed by atoms with Crippen molar-refractivity contribution in [2.75, 3.05) is 20.1 Å². The van der Waals surface area contributed by atoms with Crippen LogP contribution < -0.4 is 10.6 Å². The van der Waals surface area contributed by atoms with Crippen molar-refractivity contribution in [3.8, 4) is 0 Å². The summed E-state index contributed by atoms with van der Waals surface area (Å²) in [4.78, 5) is 25.2. The maximum Gasteiger partial charge on any atom is 0.239 e. The molecule has 1 heterocycles. The Bertz CT molecular complexity index is 302. The van der Waals surface area contributed by atoms with Gasteiger partial charge in [0.1, 0.15) is 0 Å². The van der Waals surface area contributed by atoms with Gasteiger partial charge < -0.3 is 15.5 Å². The normalized spacial score (nSPS) is 18.4. The monoisotopic (exact) mass is 241 g/mol. The van der Waals surface area contributed by atoms with Crippen molar-refractivity contribution >= 4 is 11.8 Å². The zero-order valence-electron chi connectivity index (χ0n) is 11.2. The first-order valence-corrected chi connectivity index (χ1v) is 6.14. The lowest BCUT2D eigenvalue weighted by Crippen LogP contribution is -2.55. The summed E-state index contributed by atoms with van der Waals surface area (Å²) < 4.78 is 0. The quantitative estimate of drug-likeness (QED) is 0.718. The molecule has 1 rings (SSSR count). The van der Waals surface area contributed by atoms with Gasteiger partial charge in [0.2, 0.25) is 11.8 Å². The number of nitrogens with zero attached hydrogens (tertiary/aromatic N) is 1. The first-order valence-electron chi connectivity index (χ1n) is 6.14. The van der Waals surface area contributed by atoms with E-state index >= 15 is 0 Å². The molecule has 98 valence electrons. The Morgan fingerprint density at radius 1 is 1.53 bits per heavy atom. The Kier molecular flexibility index (Phi) is 4.51. The zero-order valence-corrected chi connectivity index (χ0v) is 11.2. The van der Waals surface area contributed by atoms with Gasteiger partial charge in [-0.05, 0) is 34.2 Å². The minimum absolute atomic E-state index is 0.0165. The van der Waals surface area contributed by atoms with E-state index < -0.39 is 5.54 Å². The first-order chi connectivity index (χ1) is 7.86. The number of carbonyl (C=O) groups excluding carboxylic acids is 2. The third-order valence-electron chi connectivity index (χ3n) is 3.24. The smallest absolute Gasteiger partial charge is 0.239 e. The molecule has 1 aliphatic heterocycles. The predicted molar refractivity (Wildman–Crippen MR) is 66.6 cm³/mol. The van der Waals surface area contributed by atoms with Crippen LogP contribution in [-0.4, -0.2) is 48.4 Å². The van der Waals surface area contributed by atoms with Crippen LogP contribution in [0.4, 0.5) is 0 Å². The summed E-state index contributed by atoms with van der Waals surface area (Å²) in [7, 11) is 1.76. The number of hydrogen-bond acceptors (Lipinski definition) is 3. The van der Waals surface area contributed by atoms with Gasteiger partial charge in [0.05, 0.1) is 5.54 Å². The van der Waals surface area contributed by atoms with Crippen molar-refractivity contribution in [3.63, 3.8) is 0 Å². The van der Waals surface area contributed by atoms with E-state index in [0.29, 0.717) is 13.0 Å². The van der Waals surface area contributed by atoms with Crippen molar-refractivity contribution < 1.29 is 9.59 Å². The highest BCUT2D eigenvalue weighted by Crippen LogP contribution is 2.10. The summed E-state index contributed by atoms with van der Waals surface area (Å²) in [5.41, 5.74) is -0.580. The van der Waals surface area contributed by atoms with Gasteiger partial charge in [-0.1, -0.05) is 0 Å². The fourth-order valence-corrected chi connectivity index (χ4v) is 1.79. The lowest BCUT2D eigenvalue weighted by Gasteiger charge is -2.27. The Morgan fingerprint density at radius 2 is 2.18 bits per heavy atom. The molecule has 1 saturated heterocycles. The second kappa shape index (κ2) is 5.49. The van der Waals surface area contributed by atoms with Crippen LogP contribution >= 0.6 is 0 Å². The number of amides is 2. The third-order valence-corrected chi connectivity index (χ3v) is 3.24. The van der Waals surface area contributed by atoms with Crippen molar-refractivity contribution in [2.24, 2.45) is 0 Å². The summed E-state index contributed by atoms with van der Waals surface area (Å²) in [6.07, 6.45) is 1.57. The van der Waals surface area contributed by atoms with Gasteiger partial charge in [-0.15, -0.1) is 0 Å². The number of rotatable bonds is 5. The highest BCUT2D eigenvalue weighted by Gasteiger charge is 2.28. The summed E-state index contributed by atoms with van der Waals surface area (Å²) in [6.45, 7) is 7.00. The average molecular weight is 241 g/mol. The van der Waals surface area contributed by atoms with Gasteiger partial charge in [0, 0.05) is 25.6 Å². The second-order valence-electron chi connectivity index (χ2n) is 5.19. The van der Waals surface area contributed by atoms with Crippen molar-refractivity contribution in [1.29, 1.82) is 0 Å². The summed E-state index contributed by atoms with van der Waals surface area (Å²) in [6, 6.07) is -0.0165. The van der Waals surface area contributed by atoms with E-state index in [-0.39, 0.29) is 17.9 Å². The van der Waals surface area contributed by atoms with E-state index in [0.717, 1.165) is 13.0 Å².